The van der Waals surface area contributed by atoms with Gasteiger partial charge in [-0.05, 0) is 25.3 Å². The average Bonchev–Trinajstić information content (AvgIpc) is 2.95. The quantitative estimate of drug-likeness (QED) is 0.803. The molecular formula is C10H18N4S. The van der Waals surface area contributed by atoms with Gasteiger partial charge in [-0.15, -0.1) is 10.2 Å². The molecular weight excluding hydrogens is 208 g/mol. The van der Waals surface area contributed by atoms with Gasteiger partial charge < -0.3 is 5.32 Å². The van der Waals surface area contributed by atoms with Gasteiger partial charge in [0.1, 0.15) is 5.01 Å². The van der Waals surface area contributed by atoms with Gasteiger partial charge >= 0.3 is 0 Å². The number of nitrogens with one attached hydrogen (secondary N) is 1. The van der Waals surface area contributed by atoms with Crippen LogP contribution in [0.2, 0.25) is 0 Å². The first-order chi connectivity index (χ1) is 7.31. The lowest BCUT2D eigenvalue weighted by atomic mass is 10.3. The second kappa shape index (κ2) is 4.90. The summed E-state index contributed by atoms with van der Waals surface area (Å²) in [6.45, 7) is 5.49. The van der Waals surface area contributed by atoms with Gasteiger partial charge in [-0.25, -0.2) is 0 Å². The van der Waals surface area contributed by atoms with Crippen LogP contribution in [-0.4, -0.2) is 35.2 Å². The van der Waals surface area contributed by atoms with Crippen LogP contribution < -0.4 is 5.32 Å². The molecule has 0 unspecified atom stereocenters. The monoisotopic (exact) mass is 226 g/mol. The molecule has 1 N–H and O–H groups in total. The van der Waals surface area contributed by atoms with Gasteiger partial charge in [-0.2, -0.15) is 0 Å². The zero-order valence-corrected chi connectivity index (χ0v) is 10.2. The lowest BCUT2D eigenvalue weighted by Gasteiger charge is -2.17. The smallest absolute Gasteiger partial charge is 0.205 e. The number of aromatic nitrogens is 2. The molecule has 1 fully saturated rings. The van der Waals surface area contributed by atoms with E-state index in [4.69, 9.17) is 0 Å². The fraction of sp³-hybridized carbons (Fsp3) is 0.800. The second-order valence-electron chi connectivity index (χ2n) is 4.02. The molecule has 0 aromatic carbocycles. The Labute approximate surface area is 94.7 Å². The second-order valence-corrected chi connectivity index (χ2v) is 5.08. The van der Waals surface area contributed by atoms with E-state index in [9.17, 15) is 0 Å². The van der Waals surface area contributed by atoms with E-state index in [1.54, 1.807) is 11.3 Å². The largest absolute Gasteiger partial charge is 0.363 e. The molecule has 1 aliphatic rings. The predicted octanol–water partition coefficient (Wildman–Crippen LogP) is 1.81. The fourth-order valence-corrected chi connectivity index (χ4v) is 2.32. The van der Waals surface area contributed by atoms with Crippen molar-refractivity contribution < 1.29 is 0 Å². The van der Waals surface area contributed by atoms with Crippen molar-refractivity contribution in [1.29, 1.82) is 0 Å². The van der Waals surface area contributed by atoms with E-state index >= 15 is 0 Å². The van der Waals surface area contributed by atoms with Crippen molar-refractivity contribution in [3.63, 3.8) is 0 Å². The average molecular weight is 226 g/mol. The molecule has 84 valence electrons. The molecule has 1 heterocycles. The molecule has 0 atom stereocenters. The number of nitrogens with zero attached hydrogens (tertiary/aromatic N) is 3. The molecule has 1 aromatic heterocycles. The van der Waals surface area contributed by atoms with Crippen molar-refractivity contribution in [2.24, 2.45) is 5.92 Å². The summed E-state index contributed by atoms with van der Waals surface area (Å²) in [4.78, 5) is 2.46. The Morgan fingerprint density at radius 2 is 2.27 bits per heavy atom. The molecule has 1 aromatic rings. The van der Waals surface area contributed by atoms with E-state index in [0.717, 1.165) is 29.1 Å². The summed E-state index contributed by atoms with van der Waals surface area (Å²) in [6.07, 6.45) is 2.82. The summed E-state index contributed by atoms with van der Waals surface area (Å²) in [7, 11) is 1.88. The Hall–Kier alpha value is -0.680. The van der Waals surface area contributed by atoms with Crippen molar-refractivity contribution in [1.82, 2.24) is 15.1 Å². The van der Waals surface area contributed by atoms with Crippen molar-refractivity contribution in [2.75, 3.05) is 25.5 Å². The Balaban J connectivity index is 1.86. The zero-order valence-electron chi connectivity index (χ0n) is 9.36. The van der Waals surface area contributed by atoms with Crippen LogP contribution >= 0.6 is 11.3 Å². The molecule has 0 aliphatic heterocycles. The summed E-state index contributed by atoms with van der Waals surface area (Å²) < 4.78 is 0. The number of rotatable bonds is 6. The summed E-state index contributed by atoms with van der Waals surface area (Å²) >= 11 is 1.65. The van der Waals surface area contributed by atoms with Crippen LogP contribution in [0, 0.1) is 5.92 Å². The maximum absolute atomic E-state index is 4.17. The lowest BCUT2D eigenvalue weighted by Crippen LogP contribution is -2.25. The minimum absolute atomic E-state index is 0.910. The van der Waals surface area contributed by atoms with Crippen LogP contribution in [0.1, 0.15) is 24.8 Å². The van der Waals surface area contributed by atoms with Gasteiger partial charge in [0.05, 0.1) is 6.54 Å². The van der Waals surface area contributed by atoms with Crippen LogP contribution in [0.15, 0.2) is 0 Å². The topological polar surface area (TPSA) is 41.1 Å². The van der Waals surface area contributed by atoms with Crippen molar-refractivity contribution >= 4 is 16.5 Å². The summed E-state index contributed by atoms with van der Waals surface area (Å²) in [5, 5.41) is 13.3. The first-order valence-corrected chi connectivity index (χ1v) is 6.36. The molecule has 0 amide bonds. The highest BCUT2D eigenvalue weighted by molar-refractivity contribution is 7.15. The molecule has 0 spiro atoms. The van der Waals surface area contributed by atoms with Gasteiger partial charge in [0.15, 0.2) is 0 Å². The zero-order chi connectivity index (χ0) is 10.7. The normalized spacial score (nSPS) is 15.9. The summed E-state index contributed by atoms with van der Waals surface area (Å²) in [5.74, 6) is 0.946. The number of hydrogen-bond acceptors (Lipinski definition) is 5. The van der Waals surface area contributed by atoms with Crippen LogP contribution in [-0.2, 0) is 6.54 Å². The third-order valence-electron chi connectivity index (χ3n) is 2.70. The van der Waals surface area contributed by atoms with Crippen LogP contribution in [0.5, 0.6) is 0 Å². The Morgan fingerprint density at radius 3 is 2.80 bits per heavy atom. The molecule has 0 radical (unpaired) electrons. The Bertz CT molecular complexity index is 308. The first kappa shape index (κ1) is 10.8. The van der Waals surface area contributed by atoms with Gasteiger partial charge in [-0.1, -0.05) is 18.3 Å². The van der Waals surface area contributed by atoms with E-state index in [2.05, 4.69) is 27.3 Å². The third kappa shape index (κ3) is 3.14. The van der Waals surface area contributed by atoms with E-state index in [0.29, 0.717) is 0 Å². The fourth-order valence-electron chi connectivity index (χ4n) is 1.58. The summed E-state index contributed by atoms with van der Waals surface area (Å²) in [6, 6.07) is 0. The molecule has 5 heteroatoms. The van der Waals surface area contributed by atoms with Gasteiger partial charge in [0.25, 0.3) is 0 Å². The third-order valence-corrected chi connectivity index (χ3v) is 3.63. The van der Waals surface area contributed by atoms with Gasteiger partial charge in [-0.3, -0.25) is 4.90 Å². The Morgan fingerprint density at radius 1 is 1.47 bits per heavy atom. The van der Waals surface area contributed by atoms with E-state index in [1.807, 2.05) is 7.05 Å². The molecule has 4 nitrogen and oxygen atoms in total. The van der Waals surface area contributed by atoms with Crippen LogP contribution in [0.25, 0.3) is 0 Å². The number of anilines is 1. The van der Waals surface area contributed by atoms with E-state index < -0.39 is 0 Å². The van der Waals surface area contributed by atoms with Crippen molar-refractivity contribution in [3.05, 3.63) is 5.01 Å². The highest BCUT2D eigenvalue weighted by Gasteiger charge is 2.24. The van der Waals surface area contributed by atoms with E-state index in [-0.39, 0.29) is 0 Å². The van der Waals surface area contributed by atoms with Crippen LogP contribution in [0.4, 0.5) is 5.13 Å². The highest BCUT2D eigenvalue weighted by Crippen LogP contribution is 2.30. The molecule has 1 saturated carbocycles. The minimum atomic E-state index is 0.910. The van der Waals surface area contributed by atoms with Crippen LogP contribution in [0.3, 0.4) is 0 Å². The summed E-state index contributed by atoms with van der Waals surface area (Å²) in [5.41, 5.74) is 0. The highest BCUT2D eigenvalue weighted by atomic mass is 32.1. The van der Waals surface area contributed by atoms with E-state index in [1.165, 1.54) is 19.4 Å². The predicted molar refractivity (Wildman–Crippen MR) is 63.1 cm³/mol. The first-order valence-electron chi connectivity index (χ1n) is 5.54. The molecule has 0 bridgehead atoms. The Kier molecular flexibility index (Phi) is 3.53. The molecule has 0 saturated heterocycles. The molecule has 15 heavy (non-hydrogen) atoms. The van der Waals surface area contributed by atoms with Gasteiger partial charge in [0, 0.05) is 13.6 Å². The molecule has 1 aliphatic carbocycles. The SMILES string of the molecule is CCN(Cc1nnc(NC)s1)CC1CC1. The maximum atomic E-state index is 4.17. The standard InChI is InChI=1S/C10H18N4S/c1-3-14(6-8-4-5-8)7-9-12-13-10(11-2)15-9/h8H,3-7H2,1-2H3,(H,11,13). The van der Waals surface area contributed by atoms with Crippen molar-refractivity contribution in [2.45, 2.75) is 26.3 Å². The van der Waals surface area contributed by atoms with Crippen molar-refractivity contribution in [3.8, 4) is 0 Å². The maximum Gasteiger partial charge on any atom is 0.205 e. The van der Waals surface area contributed by atoms with Gasteiger partial charge in [0.2, 0.25) is 5.13 Å². The molecule has 2 rings (SSSR count). The lowest BCUT2D eigenvalue weighted by molar-refractivity contribution is 0.267. The minimum Gasteiger partial charge on any atom is -0.363 e. The number of hydrogen-bond donors (Lipinski definition) is 1.